The van der Waals surface area contributed by atoms with Crippen molar-refractivity contribution in [2.45, 2.75) is 6.92 Å². The van der Waals surface area contributed by atoms with E-state index in [2.05, 4.69) is 31.9 Å². The Bertz CT molecular complexity index is 406. The van der Waals surface area contributed by atoms with E-state index < -0.39 is 0 Å². The standard InChI is InChI=1S/C10H9Br2NO2/c1-7-4-5-13(14-7)15-10-6-8(11)2-3-9(10)12/h2-4,6H,5H2,1H3. The Morgan fingerprint density at radius 1 is 1.40 bits per heavy atom. The molecule has 5 heteroatoms. The van der Waals surface area contributed by atoms with Crippen molar-refractivity contribution in [1.82, 2.24) is 5.23 Å². The average Bonchev–Trinajstić information content (AvgIpc) is 2.58. The molecule has 0 unspecified atom stereocenters. The maximum absolute atomic E-state index is 5.54. The molecule has 1 heterocycles. The van der Waals surface area contributed by atoms with E-state index in [0.717, 1.165) is 14.7 Å². The summed E-state index contributed by atoms with van der Waals surface area (Å²) in [5.41, 5.74) is 0. The van der Waals surface area contributed by atoms with Crippen LogP contribution in [0.15, 0.2) is 39.0 Å². The lowest BCUT2D eigenvalue weighted by molar-refractivity contribution is -0.274. The second kappa shape index (κ2) is 4.55. The summed E-state index contributed by atoms with van der Waals surface area (Å²) in [4.78, 5) is 10.8. The first-order chi connectivity index (χ1) is 7.15. The summed E-state index contributed by atoms with van der Waals surface area (Å²) in [6.45, 7) is 2.52. The molecule has 2 rings (SSSR count). The molecule has 0 amide bonds. The summed E-state index contributed by atoms with van der Waals surface area (Å²) in [7, 11) is 0. The van der Waals surface area contributed by atoms with E-state index in [1.165, 1.54) is 5.23 Å². The van der Waals surface area contributed by atoms with Crippen molar-refractivity contribution in [2.24, 2.45) is 0 Å². The molecule has 15 heavy (non-hydrogen) atoms. The Morgan fingerprint density at radius 2 is 2.20 bits per heavy atom. The highest BCUT2D eigenvalue weighted by atomic mass is 79.9. The number of rotatable bonds is 2. The molecule has 1 aliphatic rings. The van der Waals surface area contributed by atoms with Gasteiger partial charge in [0.15, 0.2) is 5.75 Å². The first kappa shape index (κ1) is 11.0. The summed E-state index contributed by atoms with van der Waals surface area (Å²) in [6, 6.07) is 5.72. The van der Waals surface area contributed by atoms with Crippen LogP contribution in [0.25, 0.3) is 0 Å². The van der Waals surface area contributed by atoms with Crippen molar-refractivity contribution < 1.29 is 9.68 Å². The zero-order chi connectivity index (χ0) is 10.8. The fraction of sp³-hybridized carbons (Fsp3) is 0.200. The highest BCUT2D eigenvalue weighted by Crippen LogP contribution is 2.29. The lowest BCUT2D eigenvalue weighted by Crippen LogP contribution is -2.23. The lowest BCUT2D eigenvalue weighted by atomic mass is 10.3. The van der Waals surface area contributed by atoms with Crippen LogP contribution in [0.4, 0.5) is 0 Å². The minimum atomic E-state index is 0.630. The highest BCUT2D eigenvalue weighted by molar-refractivity contribution is 9.11. The largest absolute Gasteiger partial charge is 0.376 e. The first-order valence-electron chi connectivity index (χ1n) is 4.40. The van der Waals surface area contributed by atoms with E-state index in [1.807, 2.05) is 31.2 Å². The third kappa shape index (κ3) is 2.74. The molecule has 0 N–H and O–H groups in total. The molecule has 0 aromatic heterocycles. The van der Waals surface area contributed by atoms with E-state index in [-0.39, 0.29) is 0 Å². The number of hydrogen-bond donors (Lipinski definition) is 0. The first-order valence-corrected chi connectivity index (χ1v) is 5.99. The number of hydrogen-bond acceptors (Lipinski definition) is 3. The van der Waals surface area contributed by atoms with E-state index in [4.69, 9.17) is 9.68 Å². The molecule has 0 saturated carbocycles. The van der Waals surface area contributed by atoms with Crippen LogP contribution in [0.3, 0.4) is 0 Å². The van der Waals surface area contributed by atoms with Gasteiger partial charge in [0.2, 0.25) is 0 Å². The molecular formula is C10H9Br2NO2. The smallest absolute Gasteiger partial charge is 0.166 e. The number of halogens is 2. The molecule has 1 aromatic rings. The van der Waals surface area contributed by atoms with Crippen molar-refractivity contribution in [2.75, 3.05) is 6.54 Å². The molecule has 0 fully saturated rings. The van der Waals surface area contributed by atoms with Gasteiger partial charge in [0.25, 0.3) is 0 Å². The molecule has 80 valence electrons. The molecule has 0 bridgehead atoms. The van der Waals surface area contributed by atoms with Gasteiger partial charge in [0, 0.05) is 9.70 Å². The molecular weight excluding hydrogens is 326 g/mol. The molecule has 0 aliphatic carbocycles. The maximum Gasteiger partial charge on any atom is 0.166 e. The number of allylic oxidation sites excluding steroid dienone is 1. The van der Waals surface area contributed by atoms with Crippen molar-refractivity contribution in [3.8, 4) is 5.75 Å². The molecule has 0 spiro atoms. The summed E-state index contributed by atoms with van der Waals surface area (Å²) >= 11 is 6.79. The molecule has 0 saturated heterocycles. The van der Waals surface area contributed by atoms with Gasteiger partial charge in [-0.25, -0.2) is 0 Å². The monoisotopic (exact) mass is 333 g/mol. The van der Waals surface area contributed by atoms with Crippen molar-refractivity contribution in [3.05, 3.63) is 39.0 Å². The molecule has 3 nitrogen and oxygen atoms in total. The maximum atomic E-state index is 5.54. The zero-order valence-corrected chi connectivity index (χ0v) is 11.2. The van der Waals surface area contributed by atoms with Crippen LogP contribution in [0.1, 0.15) is 6.92 Å². The Labute approximate surface area is 105 Å². The number of hydroxylamine groups is 2. The highest BCUT2D eigenvalue weighted by Gasteiger charge is 2.15. The molecule has 0 radical (unpaired) electrons. The van der Waals surface area contributed by atoms with Gasteiger partial charge >= 0.3 is 0 Å². The van der Waals surface area contributed by atoms with E-state index in [1.54, 1.807) is 0 Å². The summed E-state index contributed by atoms with van der Waals surface area (Å²) < 4.78 is 1.85. The molecule has 0 atom stereocenters. The van der Waals surface area contributed by atoms with Crippen LogP contribution < -0.4 is 4.84 Å². The fourth-order valence-electron chi connectivity index (χ4n) is 1.15. The van der Waals surface area contributed by atoms with Crippen molar-refractivity contribution in [3.63, 3.8) is 0 Å². The number of benzene rings is 1. The van der Waals surface area contributed by atoms with Gasteiger partial charge in [-0.05, 0) is 47.1 Å². The minimum Gasteiger partial charge on any atom is -0.376 e. The third-order valence-electron chi connectivity index (χ3n) is 1.87. The predicted octanol–water partition coefficient (Wildman–Crippen LogP) is 3.66. The van der Waals surface area contributed by atoms with Crippen molar-refractivity contribution in [1.29, 1.82) is 0 Å². The van der Waals surface area contributed by atoms with Gasteiger partial charge in [0.1, 0.15) is 5.76 Å². The lowest BCUT2D eigenvalue weighted by Gasteiger charge is -2.16. The number of nitrogens with zero attached hydrogens (tertiary/aromatic N) is 1. The average molecular weight is 335 g/mol. The van der Waals surface area contributed by atoms with E-state index in [0.29, 0.717) is 12.3 Å². The second-order valence-electron chi connectivity index (χ2n) is 3.09. The van der Waals surface area contributed by atoms with E-state index >= 15 is 0 Å². The zero-order valence-electron chi connectivity index (χ0n) is 8.04. The topological polar surface area (TPSA) is 21.7 Å². The van der Waals surface area contributed by atoms with Gasteiger partial charge < -0.3 is 9.68 Å². The fourth-order valence-corrected chi connectivity index (χ4v) is 1.81. The van der Waals surface area contributed by atoms with Gasteiger partial charge in [-0.15, -0.1) is 0 Å². The summed E-state index contributed by atoms with van der Waals surface area (Å²) in [5, 5.41) is 1.43. The minimum absolute atomic E-state index is 0.630. The van der Waals surface area contributed by atoms with Crippen LogP contribution in [0.5, 0.6) is 5.75 Å². The van der Waals surface area contributed by atoms with Crippen molar-refractivity contribution >= 4 is 31.9 Å². The third-order valence-corrected chi connectivity index (χ3v) is 3.02. The Hall–Kier alpha value is -0.520. The van der Waals surface area contributed by atoms with Crippen LogP contribution in [-0.4, -0.2) is 11.8 Å². The SMILES string of the molecule is CC1=CCN(Oc2cc(Br)ccc2Br)O1. The van der Waals surface area contributed by atoms with Crippen LogP contribution in [0.2, 0.25) is 0 Å². The Kier molecular flexibility index (Phi) is 3.33. The predicted molar refractivity (Wildman–Crippen MR) is 64.0 cm³/mol. The van der Waals surface area contributed by atoms with E-state index in [9.17, 15) is 0 Å². The normalized spacial score (nSPS) is 16.1. The Morgan fingerprint density at radius 3 is 2.87 bits per heavy atom. The van der Waals surface area contributed by atoms with Gasteiger partial charge in [-0.3, -0.25) is 0 Å². The van der Waals surface area contributed by atoms with Crippen LogP contribution in [0, 0.1) is 0 Å². The van der Waals surface area contributed by atoms with Crippen LogP contribution in [-0.2, 0) is 4.84 Å². The summed E-state index contributed by atoms with van der Waals surface area (Å²) in [5.74, 6) is 1.56. The molecule has 1 aliphatic heterocycles. The second-order valence-corrected chi connectivity index (χ2v) is 4.86. The van der Waals surface area contributed by atoms with Crippen LogP contribution >= 0.6 is 31.9 Å². The Balaban J connectivity index is 2.08. The van der Waals surface area contributed by atoms with Gasteiger partial charge in [-0.2, -0.15) is 0 Å². The molecule has 1 aromatic carbocycles. The van der Waals surface area contributed by atoms with Gasteiger partial charge in [0.05, 0.1) is 11.0 Å². The summed E-state index contributed by atoms with van der Waals surface area (Å²) in [6.07, 6.45) is 1.95. The quantitative estimate of drug-likeness (QED) is 0.824. The van der Waals surface area contributed by atoms with Gasteiger partial charge in [-0.1, -0.05) is 15.9 Å².